The highest BCUT2D eigenvalue weighted by Crippen LogP contribution is 2.18. The van der Waals surface area contributed by atoms with Crippen LogP contribution in [-0.2, 0) is 18.9 Å². The molecule has 0 radical (unpaired) electrons. The number of rotatable bonds is 6. The maximum Gasteiger partial charge on any atom is 0.261 e. The first-order valence-corrected chi connectivity index (χ1v) is 9.92. The second kappa shape index (κ2) is 6.71. The predicted molar refractivity (Wildman–Crippen MR) is 76.1 cm³/mol. The molecule has 0 aliphatic carbocycles. The zero-order chi connectivity index (χ0) is 16.3. The van der Waals surface area contributed by atoms with Crippen molar-refractivity contribution in [3.8, 4) is 0 Å². The number of sulfone groups is 1. The summed E-state index contributed by atoms with van der Waals surface area (Å²) in [5.41, 5.74) is -0.261. The molecule has 0 aliphatic heterocycles. The molecule has 0 aromatic heterocycles. The van der Waals surface area contributed by atoms with E-state index in [0.29, 0.717) is 6.07 Å². The molecule has 0 heterocycles. The molecular weight excluding hydrogens is 345 g/mol. The summed E-state index contributed by atoms with van der Waals surface area (Å²) in [5.74, 6) is -2.05. The first kappa shape index (κ1) is 17.9. The van der Waals surface area contributed by atoms with Crippen LogP contribution in [-0.4, -0.2) is 40.8 Å². The number of amides is 1. The molecule has 0 unspecified atom stereocenters. The molecule has 0 fully saturated rings. The van der Waals surface area contributed by atoms with Gasteiger partial charge in [0.1, 0.15) is 5.82 Å². The predicted octanol–water partition coefficient (Wildman–Crippen LogP) is 0.918. The lowest BCUT2D eigenvalue weighted by Gasteiger charge is -2.06. The van der Waals surface area contributed by atoms with Crippen LogP contribution < -0.4 is 5.32 Å². The lowest BCUT2D eigenvalue weighted by atomic mass is 10.2. The Kier molecular flexibility index (Phi) is 5.71. The van der Waals surface area contributed by atoms with Gasteiger partial charge < -0.3 is 5.32 Å². The number of halogens is 2. The van der Waals surface area contributed by atoms with Crippen molar-refractivity contribution >= 4 is 35.5 Å². The van der Waals surface area contributed by atoms with Gasteiger partial charge in [-0.3, -0.25) is 4.79 Å². The van der Waals surface area contributed by atoms with Crippen molar-refractivity contribution in [2.24, 2.45) is 0 Å². The largest absolute Gasteiger partial charge is 0.351 e. The molecule has 1 amide bonds. The summed E-state index contributed by atoms with van der Waals surface area (Å²) in [6, 6.07) is 2.42. The fourth-order valence-corrected chi connectivity index (χ4v) is 2.89. The first-order valence-electron chi connectivity index (χ1n) is 5.79. The SMILES string of the molecule is CCS(=O)(=O)CCNC(=O)c1cc(F)cc(S(=O)(=O)Cl)c1. The van der Waals surface area contributed by atoms with Crippen LogP contribution in [0.15, 0.2) is 23.1 Å². The van der Waals surface area contributed by atoms with E-state index in [1.165, 1.54) is 6.92 Å². The maximum absolute atomic E-state index is 13.3. The minimum atomic E-state index is -4.17. The van der Waals surface area contributed by atoms with Crippen LogP contribution in [0.1, 0.15) is 17.3 Å². The number of nitrogens with one attached hydrogen (secondary N) is 1. The van der Waals surface area contributed by atoms with Gasteiger partial charge in [0.05, 0.1) is 10.6 Å². The summed E-state index contributed by atoms with van der Waals surface area (Å²) in [5, 5.41) is 2.27. The van der Waals surface area contributed by atoms with Gasteiger partial charge in [-0.15, -0.1) is 0 Å². The Labute approximate surface area is 126 Å². The number of carbonyl (C=O) groups is 1. The minimum absolute atomic E-state index is 0.0581. The highest BCUT2D eigenvalue weighted by Gasteiger charge is 2.16. The fourth-order valence-electron chi connectivity index (χ4n) is 1.40. The molecule has 6 nitrogen and oxygen atoms in total. The lowest BCUT2D eigenvalue weighted by molar-refractivity contribution is 0.0955. The highest BCUT2D eigenvalue weighted by atomic mass is 35.7. The maximum atomic E-state index is 13.3. The van der Waals surface area contributed by atoms with Crippen LogP contribution in [0.5, 0.6) is 0 Å². The second-order valence-corrected chi connectivity index (χ2v) is 9.14. The number of carbonyl (C=O) groups excluding carboxylic acids is 1. The smallest absolute Gasteiger partial charge is 0.261 e. The third-order valence-corrected chi connectivity index (χ3v) is 5.59. The summed E-state index contributed by atoms with van der Waals surface area (Å²) in [6.07, 6.45) is 0. The fraction of sp³-hybridized carbons (Fsp3) is 0.364. The van der Waals surface area contributed by atoms with Crippen molar-refractivity contribution in [1.29, 1.82) is 0 Å². The van der Waals surface area contributed by atoms with E-state index in [-0.39, 0.29) is 23.6 Å². The van der Waals surface area contributed by atoms with Crippen LogP contribution in [0, 0.1) is 5.82 Å². The standard InChI is InChI=1S/C11H13ClFNO5S2/c1-2-20(16,17)4-3-14-11(15)8-5-9(13)7-10(6-8)21(12,18)19/h5-7H,2-4H2,1H3,(H,14,15). The van der Waals surface area contributed by atoms with E-state index in [1.807, 2.05) is 0 Å². The summed E-state index contributed by atoms with van der Waals surface area (Å²) in [7, 11) is -2.33. The van der Waals surface area contributed by atoms with Gasteiger partial charge in [0, 0.05) is 28.5 Å². The Bertz CT molecular complexity index is 746. The third kappa shape index (κ3) is 5.60. The van der Waals surface area contributed by atoms with Crippen LogP contribution in [0.2, 0.25) is 0 Å². The van der Waals surface area contributed by atoms with Gasteiger partial charge in [0.25, 0.3) is 15.0 Å². The van der Waals surface area contributed by atoms with E-state index < -0.39 is 35.5 Å². The Morgan fingerprint density at radius 1 is 1.24 bits per heavy atom. The van der Waals surface area contributed by atoms with Gasteiger partial charge in [0.2, 0.25) is 0 Å². The monoisotopic (exact) mass is 357 g/mol. The minimum Gasteiger partial charge on any atom is -0.351 e. The molecule has 21 heavy (non-hydrogen) atoms. The quantitative estimate of drug-likeness (QED) is 0.763. The molecule has 0 aliphatic rings. The van der Waals surface area contributed by atoms with E-state index in [2.05, 4.69) is 5.32 Å². The average molecular weight is 358 g/mol. The molecule has 0 saturated carbocycles. The number of benzene rings is 1. The number of hydrogen-bond donors (Lipinski definition) is 1. The summed E-state index contributed by atoms with van der Waals surface area (Å²) < 4.78 is 58.0. The van der Waals surface area contributed by atoms with E-state index in [9.17, 15) is 26.0 Å². The van der Waals surface area contributed by atoms with Gasteiger partial charge in [0.15, 0.2) is 9.84 Å². The van der Waals surface area contributed by atoms with Crippen LogP contribution in [0.25, 0.3) is 0 Å². The van der Waals surface area contributed by atoms with Gasteiger partial charge in [-0.2, -0.15) is 0 Å². The molecule has 0 spiro atoms. The Hall–Kier alpha value is -1.19. The molecule has 1 rings (SSSR count). The van der Waals surface area contributed by atoms with E-state index >= 15 is 0 Å². The van der Waals surface area contributed by atoms with Gasteiger partial charge >= 0.3 is 0 Å². The zero-order valence-electron chi connectivity index (χ0n) is 11.0. The van der Waals surface area contributed by atoms with Crippen LogP contribution in [0.4, 0.5) is 4.39 Å². The van der Waals surface area contributed by atoms with Crippen LogP contribution in [0.3, 0.4) is 0 Å². The van der Waals surface area contributed by atoms with Crippen molar-refractivity contribution in [2.45, 2.75) is 11.8 Å². The molecule has 1 aromatic carbocycles. The molecule has 10 heteroatoms. The Balaban J connectivity index is 2.87. The molecular formula is C11H13ClFNO5S2. The van der Waals surface area contributed by atoms with Crippen molar-refractivity contribution in [3.63, 3.8) is 0 Å². The lowest BCUT2D eigenvalue weighted by Crippen LogP contribution is -2.29. The molecule has 0 bridgehead atoms. The van der Waals surface area contributed by atoms with E-state index in [1.54, 1.807) is 0 Å². The summed E-state index contributed by atoms with van der Waals surface area (Å²) in [4.78, 5) is 11.2. The normalized spacial score (nSPS) is 12.1. The molecule has 0 saturated heterocycles. The van der Waals surface area contributed by atoms with Crippen molar-refractivity contribution in [2.75, 3.05) is 18.1 Å². The summed E-state index contributed by atoms with van der Waals surface area (Å²) >= 11 is 0. The van der Waals surface area contributed by atoms with Crippen molar-refractivity contribution < 1.29 is 26.0 Å². The highest BCUT2D eigenvalue weighted by molar-refractivity contribution is 8.13. The Morgan fingerprint density at radius 2 is 1.86 bits per heavy atom. The van der Waals surface area contributed by atoms with Crippen LogP contribution >= 0.6 is 10.7 Å². The molecule has 1 aromatic rings. The molecule has 0 atom stereocenters. The number of hydrogen-bond acceptors (Lipinski definition) is 5. The van der Waals surface area contributed by atoms with Gasteiger partial charge in [-0.1, -0.05) is 6.92 Å². The van der Waals surface area contributed by atoms with Crippen molar-refractivity contribution in [1.82, 2.24) is 5.32 Å². The average Bonchev–Trinajstić information content (AvgIpc) is 2.36. The first-order chi connectivity index (χ1) is 9.55. The second-order valence-electron chi connectivity index (χ2n) is 4.11. The topological polar surface area (TPSA) is 97.4 Å². The van der Waals surface area contributed by atoms with Gasteiger partial charge in [-0.25, -0.2) is 21.2 Å². The third-order valence-electron chi connectivity index (χ3n) is 2.55. The molecule has 1 N–H and O–H groups in total. The van der Waals surface area contributed by atoms with E-state index in [4.69, 9.17) is 10.7 Å². The van der Waals surface area contributed by atoms with Crippen molar-refractivity contribution in [3.05, 3.63) is 29.6 Å². The molecule has 118 valence electrons. The zero-order valence-corrected chi connectivity index (χ0v) is 13.4. The van der Waals surface area contributed by atoms with E-state index in [0.717, 1.165) is 12.1 Å². The van der Waals surface area contributed by atoms with Gasteiger partial charge in [-0.05, 0) is 18.2 Å². The summed E-state index contributed by atoms with van der Waals surface area (Å²) in [6.45, 7) is 1.32. The Morgan fingerprint density at radius 3 is 2.38 bits per heavy atom.